The number of methoxy groups -OCH3 is 1. The van der Waals surface area contributed by atoms with E-state index in [0.29, 0.717) is 23.3 Å². The van der Waals surface area contributed by atoms with Gasteiger partial charge in [-0.2, -0.15) is 8.42 Å². The molecule has 0 saturated heterocycles. The summed E-state index contributed by atoms with van der Waals surface area (Å²) in [6.07, 6.45) is 3.16. The van der Waals surface area contributed by atoms with Gasteiger partial charge in [-0.25, -0.2) is 0 Å². The van der Waals surface area contributed by atoms with Crippen molar-refractivity contribution in [1.29, 1.82) is 0 Å². The molecule has 132 valence electrons. The van der Waals surface area contributed by atoms with E-state index in [1.807, 2.05) is 0 Å². The molecule has 0 aliphatic heterocycles. The van der Waals surface area contributed by atoms with Gasteiger partial charge >= 0.3 is 10.1 Å². The Morgan fingerprint density at radius 1 is 1.20 bits per heavy atom. The highest BCUT2D eigenvalue weighted by Gasteiger charge is 2.44. The van der Waals surface area contributed by atoms with Gasteiger partial charge in [-0.1, -0.05) is 5.92 Å². The van der Waals surface area contributed by atoms with Gasteiger partial charge in [0.2, 0.25) is 0 Å². The van der Waals surface area contributed by atoms with Crippen molar-refractivity contribution in [2.75, 3.05) is 13.4 Å². The minimum absolute atomic E-state index is 0.0489. The molecule has 0 aromatic heterocycles. The lowest BCUT2D eigenvalue weighted by atomic mass is 9.83. The van der Waals surface area contributed by atoms with Crippen molar-refractivity contribution in [3.63, 3.8) is 0 Å². The summed E-state index contributed by atoms with van der Waals surface area (Å²) in [5.74, 6) is 6.31. The van der Waals surface area contributed by atoms with Crippen molar-refractivity contribution < 1.29 is 22.1 Å². The highest BCUT2D eigenvalue weighted by molar-refractivity contribution is 7.86. The second kappa shape index (κ2) is 6.57. The van der Waals surface area contributed by atoms with E-state index in [1.54, 1.807) is 25.1 Å². The fourth-order valence-corrected chi connectivity index (χ4v) is 4.19. The zero-order chi connectivity index (χ0) is 18.2. The van der Waals surface area contributed by atoms with Gasteiger partial charge in [0, 0.05) is 23.0 Å². The molecule has 1 aromatic carbocycles. The number of fused-ring (bicyclic) bond motifs is 2. The Morgan fingerprint density at radius 3 is 2.56 bits per heavy atom. The van der Waals surface area contributed by atoms with E-state index in [9.17, 15) is 13.2 Å². The number of ether oxygens (including phenoxy) is 1. The minimum atomic E-state index is -3.72. The van der Waals surface area contributed by atoms with E-state index < -0.39 is 10.1 Å². The first-order valence-electron chi connectivity index (χ1n) is 8.13. The normalized spacial score (nSPS) is 22.4. The number of carbonyl (C=O) groups excluding carboxylic acids is 1. The van der Waals surface area contributed by atoms with E-state index in [1.165, 1.54) is 7.11 Å². The molecule has 1 saturated carbocycles. The third-order valence-electron chi connectivity index (χ3n) is 4.65. The summed E-state index contributed by atoms with van der Waals surface area (Å²) in [7, 11) is -2.21. The predicted molar refractivity (Wildman–Crippen MR) is 94.2 cm³/mol. The second-order valence-corrected chi connectivity index (χ2v) is 7.96. The molecule has 0 spiro atoms. The molecule has 2 unspecified atom stereocenters. The fourth-order valence-electron chi connectivity index (χ4n) is 3.65. The molecule has 5 nitrogen and oxygen atoms in total. The number of ketones is 1. The average molecular weight is 360 g/mol. The van der Waals surface area contributed by atoms with Crippen molar-refractivity contribution in [3.05, 3.63) is 35.1 Å². The first-order chi connectivity index (χ1) is 11.8. The van der Waals surface area contributed by atoms with E-state index in [-0.39, 0.29) is 23.4 Å². The molecular formula is C19H20O5S. The molecule has 0 N–H and O–H groups in total. The van der Waals surface area contributed by atoms with Gasteiger partial charge in [-0.3, -0.25) is 4.79 Å². The number of hydrogen-bond acceptors (Lipinski definition) is 5. The van der Waals surface area contributed by atoms with E-state index in [0.717, 1.165) is 24.7 Å². The molecule has 25 heavy (non-hydrogen) atoms. The van der Waals surface area contributed by atoms with Gasteiger partial charge in [0.05, 0.1) is 18.9 Å². The summed E-state index contributed by atoms with van der Waals surface area (Å²) < 4.78 is 34.2. The first kappa shape index (κ1) is 17.6. The molecule has 2 atom stereocenters. The third kappa shape index (κ3) is 3.42. The fraction of sp³-hybridized carbons (Fsp3) is 0.421. The molecule has 0 amide bonds. The SMILES string of the molecule is CC#Cc1ccc(C2=C(OS(C)(=O)=O)C3CCC(C3)C2=O)c(OC)c1. The number of rotatable bonds is 4. The Balaban J connectivity index is 2.20. The van der Waals surface area contributed by atoms with Gasteiger partial charge in [0.25, 0.3) is 0 Å². The number of allylic oxidation sites excluding steroid dienone is 2. The second-order valence-electron chi connectivity index (χ2n) is 6.39. The zero-order valence-electron chi connectivity index (χ0n) is 14.5. The van der Waals surface area contributed by atoms with Gasteiger partial charge < -0.3 is 8.92 Å². The van der Waals surface area contributed by atoms with Crippen molar-refractivity contribution in [1.82, 2.24) is 0 Å². The Morgan fingerprint density at radius 2 is 1.92 bits per heavy atom. The monoisotopic (exact) mass is 360 g/mol. The Kier molecular flexibility index (Phi) is 4.61. The van der Waals surface area contributed by atoms with Crippen LogP contribution in [0.15, 0.2) is 24.0 Å². The molecule has 0 radical (unpaired) electrons. The van der Waals surface area contributed by atoms with Gasteiger partial charge in [0.15, 0.2) is 5.78 Å². The quantitative estimate of drug-likeness (QED) is 0.610. The lowest BCUT2D eigenvalue weighted by Crippen LogP contribution is -2.24. The standard InChI is InChI=1S/C19H20O5S/c1-4-5-12-6-9-15(16(10-12)23-2)17-18(20)13-7-8-14(11-13)19(17)24-25(3,21)22/h6,9-10,13-14H,7-8,11H2,1-3H3. The maximum atomic E-state index is 12.9. The first-order valence-corrected chi connectivity index (χ1v) is 9.94. The molecule has 6 heteroatoms. The van der Waals surface area contributed by atoms with Gasteiger partial charge in [-0.15, -0.1) is 5.92 Å². The maximum absolute atomic E-state index is 12.9. The summed E-state index contributed by atoms with van der Waals surface area (Å²) in [5.41, 5.74) is 1.65. The van der Waals surface area contributed by atoms with Crippen LogP contribution in [-0.4, -0.2) is 27.6 Å². The largest absolute Gasteiger partial charge is 0.496 e. The van der Waals surface area contributed by atoms with E-state index in [4.69, 9.17) is 8.92 Å². The summed E-state index contributed by atoms with van der Waals surface area (Å²) in [6, 6.07) is 5.30. The van der Waals surface area contributed by atoms with Gasteiger partial charge in [-0.05, 0) is 44.4 Å². The van der Waals surface area contributed by atoms with Crippen molar-refractivity contribution in [2.24, 2.45) is 11.8 Å². The van der Waals surface area contributed by atoms with Gasteiger partial charge in [0.1, 0.15) is 11.5 Å². The predicted octanol–water partition coefficient (Wildman–Crippen LogP) is 2.75. The molecule has 2 bridgehead atoms. The van der Waals surface area contributed by atoms with Crippen LogP contribution in [0.4, 0.5) is 0 Å². The highest BCUT2D eigenvalue weighted by Crippen LogP contribution is 2.48. The summed E-state index contributed by atoms with van der Waals surface area (Å²) >= 11 is 0. The van der Waals surface area contributed by atoms with Crippen LogP contribution in [0.25, 0.3) is 5.57 Å². The van der Waals surface area contributed by atoms with Crippen LogP contribution in [0.3, 0.4) is 0 Å². The number of carbonyl (C=O) groups is 1. The minimum Gasteiger partial charge on any atom is -0.496 e. The Bertz CT molecular complexity index is 915. The molecule has 1 fully saturated rings. The van der Waals surface area contributed by atoms with E-state index in [2.05, 4.69) is 11.8 Å². The molecule has 2 aliphatic rings. The molecule has 3 rings (SSSR count). The number of benzene rings is 1. The zero-order valence-corrected chi connectivity index (χ0v) is 15.3. The maximum Gasteiger partial charge on any atom is 0.305 e. The van der Waals surface area contributed by atoms with Crippen molar-refractivity contribution >= 4 is 21.5 Å². The van der Waals surface area contributed by atoms with Crippen LogP contribution in [-0.2, 0) is 19.1 Å². The van der Waals surface area contributed by atoms with Crippen LogP contribution in [0.5, 0.6) is 5.75 Å². The van der Waals surface area contributed by atoms with Crippen LogP contribution >= 0.6 is 0 Å². The van der Waals surface area contributed by atoms with E-state index >= 15 is 0 Å². The Hall–Kier alpha value is -2.26. The van der Waals surface area contributed by atoms with Crippen LogP contribution in [0.2, 0.25) is 0 Å². The highest BCUT2D eigenvalue weighted by atomic mass is 32.2. The molecular weight excluding hydrogens is 340 g/mol. The van der Waals surface area contributed by atoms with Crippen LogP contribution < -0.4 is 4.74 Å². The lowest BCUT2D eigenvalue weighted by molar-refractivity contribution is -0.117. The third-order valence-corrected chi connectivity index (χ3v) is 5.13. The van der Waals surface area contributed by atoms with Crippen LogP contribution in [0.1, 0.15) is 37.3 Å². The molecule has 2 aliphatic carbocycles. The smallest absolute Gasteiger partial charge is 0.305 e. The average Bonchev–Trinajstić information content (AvgIpc) is 2.99. The Labute approximate surface area is 148 Å². The lowest BCUT2D eigenvalue weighted by Gasteiger charge is -2.25. The number of hydrogen-bond donors (Lipinski definition) is 0. The molecule has 0 heterocycles. The van der Waals surface area contributed by atoms with Crippen molar-refractivity contribution in [3.8, 4) is 17.6 Å². The topological polar surface area (TPSA) is 69.7 Å². The summed E-state index contributed by atoms with van der Waals surface area (Å²) in [4.78, 5) is 12.9. The summed E-state index contributed by atoms with van der Waals surface area (Å²) in [6.45, 7) is 1.74. The van der Waals surface area contributed by atoms with Crippen LogP contribution in [0, 0.1) is 23.7 Å². The molecule has 1 aromatic rings. The summed E-state index contributed by atoms with van der Waals surface area (Å²) in [5, 5.41) is 0. The number of Topliss-reactive ketones (excluding diaryl/α,β-unsaturated/α-hetero) is 1. The van der Waals surface area contributed by atoms with Crippen molar-refractivity contribution in [2.45, 2.75) is 26.2 Å².